The van der Waals surface area contributed by atoms with Crippen LogP contribution in [-0.2, 0) is 14.3 Å². The fourth-order valence-corrected chi connectivity index (χ4v) is 2.97. The number of nitrogens with zero attached hydrogens (tertiary/aromatic N) is 1. The van der Waals surface area contributed by atoms with Gasteiger partial charge in [0.2, 0.25) is 0 Å². The van der Waals surface area contributed by atoms with Crippen molar-refractivity contribution in [2.45, 2.75) is 31.8 Å². The van der Waals surface area contributed by atoms with Gasteiger partial charge in [0.1, 0.15) is 18.0 Å². The van der Waals surface area contributed by atoms with Crippen molar-refractivity contribution in [3.05, 3.63) is 38.7 Å². The Morgan fingerprint density at radius 3 is 2.88 bits per heavy atom. The molecule has 0 unspecified atom stereocenters. The summed E-state index contributed by atoms with van der Waals surface area (Å²) in [4.78, 5) is 40.1. The smallest absolute Gasteiger partial charge is 0.330 e. The Morgan fingerprint density at radius 2 is 2.23 bits per heavy atom. The third kappa shape index (κ3) is 3.34. The van der Waals surface area contributed by atoms with E-state index in [2.05, 4.69) is 9.97 Å². The minimum atomic E-state index is -0.880. The second-order valence-electron chi connectivity index (χ2n) is 5.82. The molecule has 2 aromatic heterocycles. The van der Waals surface area contributed by atoms with Crippen molar-refractivity contribution in [1.82, 2.24) is 14.5 Å². The van der Waals surface area contributed by atoms with Crippen molar-refractivity contribution in [2.24, 2.45) is 0 Å². The van der Waals surface area contributed by atoms with Crippen LogP contribution in [0.1, 0.15) is 25.1 Å². The van der Waals surface area contributed by atoms with Gasteiger partial charge >= 0.3 is 11.7 Å². The summed E-state index contributed by atoms with van der Waals surface area (Å²) in [6, 6.07) is 0. The number of aliphatic hydroxyl groups excluding tert-OH is 2. The van der Waals surface area contributed by atoms with Gasteiger partial charge < -0.3 is 24.3 Å². The van der Waals surface area contributed by atoms with E-state index in [1.807, 2.05) is 0 Å². The zero-order valence-corrected chi connectivity index (χ0v) is 14.0. The van der Waals surface area contributed by atoms with Crippen molar-refractivity contribution >= 4 is 23.1 Å². The average molecular weight is 365 g/mol. The molecule has 0 bridgehead atoms. The minimum absolute atomic E-state index is 0.163. The van der Waals surface area contributed by atoms with Crippen molar-refractivity contribution in [1.29, 1.82) is 0 Å². The number of H-pyrrole nitrogens is 2. The van der Waals surface area contributed by atoms with Crippen LogP contribution in [0.2, 0.25) is 0 Å². The molecule has 3 heterocycles. The minimum Gasteiger partial charge on any atom is -0.463 e. The molecular weight excluding hydrogens is 346 g/mol. The van der Waals surface area contributed by atoms with E-state index >= 15 is 0 Å². The van der Waals surface area contributed by atoms with Gasteiger partial charge in [0.25, 0.3) is 5.56 Å². The van der Waals surface area contributed by atoms with Crippen LogP contribution in [-0.4, -0.2) is 56.1 Å². The predicted octanol–water partition coefficient (Wildman–Crippen LogP) is -0.765. The molecule has 10 heteroatoms. The predicted molar refractivity (Wildman–Crippen MR) is 90.5 cm³/mol. The number of ether oxygens (including phenoxy) is 2. The van der Waals surface area contributed by atoms with Crippen LogP contribution in [0, 0.1) is 0 Å². The van der Waals surface area contributed by atoms with E-state index in [1.54, 1.807) is 6.92 Å². The first kappa shape index (κ1) is 18.1. The summed E-state index contributed by atoms with van der Waals surface area (Å²) >= 11 is 0. The molecule has 0 aliphatic carbocycles. The summed E-state index contributed by atoms with van der Waals surface area (Å²) in [6.45, 7) is 1.53. The maximum absolute atomic E-state index is 12.2. The van der Waals surface area contributed by atoms with E-state index in [-0.39, 0.29) is 30.7 Å². The average Bonchev–Trinajstić information content (AvgIpc) is 3.13. The van der Waals surface area contributed by atoms with E-state index in [9.17, 15) is 24.6 Å². The van der Waals surface area contributed by atoms with Crippen LogP contribution < -0.4 is 11.2 Å². The summed E-state index contributed by atoms with van der Waals surface area (Å²) in [7, 11) is 0. The molecule has 3 rings (SSSR count). The molecule has 0 amide bonds. The zero-order valence-electron chi connectivity index (χ0n) is 14.0. The van der Waals surface area contributed by atoms with Gasteiger partial charge in [0.05, 0.1) is 24.7 Å². The first-order valence-corrected chi connectivity index (χ1v) is 8.11. The van der Waals surface area contributed by atoms with E-state index in [0.29, 0.717) is 5.56 Å². The highest BCUT2D eigenvalue weighted by atomic mass is 16.5. The fraction of sp³-hybridized carbons (Fsp3) is 0.438. The van der Waals surface area contributed by atoms with Gasteiger partial charge in [-0.25, -0.2) is 9.59 Å². The van der Waals surface area contributed by atoms with Gasteiger partial charge in [-0.3, -0.25) is 14.8 Å². The number of hydrogen-bond donors (Lipinski definition) is 4. The summed E-state index contributed by atoms with van der Waals surface area (Å²) in [5.74, 6) is -0.567. The largest absolute Gasteiger partial charge is 0.463 e. The Kier molecular flexibility index (Phi) is 5.07. The lowest BCUT2D eigenvalue weighted by Crippen LogP contribution is -2.24. The summed E-state index contributed by atoms with van der Waals surface area (Å²) < 4.78 is 11.9. The van der Waals surface area contributed by atoms with Crippen LogP contribution in [0.3, 0.4) is 0 Å². The Balaban J connectivity index is 2.08. The number of aromatic amines is 2. The second kappa shape index (κ2) is 7.28. The molecular formula is C16H19N3O7. The van der Waals surface area contributed by atoms with Crippen LogP contribution >= 0.6 is 0 Å². The number of carbonyl (C=O) groups excluding carboxylic acids is 1. The lowest BCUT2D eigenvalue weighted by molar-refractivity contribution is -0.137. The molecule has 3 atom stereocenters. The molecule has 2 aromatic rings. The number of esters is 1. The summed E-state index contributed by atoms with van der Waals surface area (Å²) in [6.07, 6.45) is 1.95. The third-order valence-corrected chi connectivity index (χ3v) is 4.13. The van der Waals surface area contributed by atoms with E-state index in [1.165, 1.54) is 22.9 Å². The standard InChI is InChI=1S/C16H19N3O7/c1-2-25-12(22)4-3-8-6-19(11-5-9(21)10(7-20)26-11)14-13(8)15(23)18-16(24)17-14/h3-4,6,9-11,20-21H,2,5,7H2,1H3,(H2,17,18,23,24)/b4-3+/t9-,10+,11+/m0/s1. The fourth-order valence-electron chi connectivity index (χ4n) is 2.97. The third-order valence-electron chi connectivity index (χ3n) is 4.13. The Morgan fingerprint density at radius 1 is 1.46 bits per heavy atom. The normalized spacial score (nSPS) is 23.1. The molecule has 1 fully saturated rings. The Bertz CT molecular complexity index is 955. The van der Waals surface area contributed by atoms with Crippen LogP contribution in [0.25, 0.3) is 17.1 Å². The molecule has 0 radical (unpaired) electrons. The monoisotopic (exact) mass is 365 g/mol. The highest BCUT2D eigenvalue weighted by Gasteiger charge is 2.35. The van der Waals surface area contributed by atoms with Gasteiger partial charge in [0, 0.05) is 24.3 Å². The van der Waals surface area contributed by atoms with Crippen LogP contribution in [0.15, 0.2) is 21.9 Å². The maximum Gasteiger partial charge on any atom is 0.330 e. The molecule has 4 N–H and O–H groups in total. The van der Waals surface area contributed by atoms with E-state index in [0.717, 1.165) is 0 Å². The van der Waals surface area contributed by atoms with Gasteiger partial charge in [-0.05, 0) is 13.0 Å². The lowest BCUT2D eigenvalue weighted by atomic mass is 10.2. The van der Waals surface area contributed by atoms with E-state index < -0.39 is 35.7 Å². The molecule has 26 heavy (non-hydrogen) atoms. The number of aromatic nitrogens is 3. The zero-order chi connectivity index (χ0) is 18.8. The number of fused-ring (bicyclic) bond motifs is 1. The maximum atomic E-state index is 12.2. The highest BCUT2D eigenvalue weighted by Crippen LogP contribution is 2.32. The van der Waals surface area contributed by atoms with Crippen molar-refractivity contribution in [3.8, 4) is 0 Å². The topological polar surface area (TPSA) is 147 Å². The molecule has 140 valence electrons. The van der Waals surface area contributed by atoms with Gasteiger partial charge in [-0.15, -0.1) is 0 Å². The highest BCUT2D eigenvalue weighted by molar-refractivity contribution is 5.92. The molecule has 1 aliphatic heterocycles. The quantitative estimate of drug-likeness (QED) is 0.402. The van der Waals surface area contributed by atoms with Crippen molar-refractivity contribution in [3.63, 3.8) is 0 Å². The molecule has 0 spiro atoms. The number of nitrogens with one attached hydrogen (secondary N) is 2. The number of carbonyl (C=O) groups is 1. The number of aliphatic hydroxyl groups is 2. The first-order chi connectivity index (χ1) is 12.4. The van der Waals surface area contributed by atoms with Gasteiger partial charge in [-0.2, -0.15) is 0 Å². The molecule has 0 aromatic carbocycles. The van der Waals surface area contributed by atoms with Gasteiger partial charge in [-0.1, -0.05) is 0 Å². The van der Waals surface area contributed by atoms with Crippen LogP contribution in [0.5, 0.6) is 0 Å². The number of rotatable bonds is 5. The molecule has 0 saturated carbocycles. The summed E-state index contributed by atoms with van der Waals surface area (Å²) in [5, 5.41) is 19.3. The SMILES string of the molecule is CCOC(=O)/C=C/c1cn([C@H]2C[C@H](O)[C@@H](CO)O2)c2[nH]c(=O)[nH]c(=O)c12. The Labute approximate surface area is 146 Å². The lowest BCUT2D eigenvalue weighted by Gasteiger charge is -2.14. The molecule has 1 saturated heterocycles. The number of hydrogen-bond acceptors (Lipinski definition) is 7. The van der Waals surface area contributed by atoms with E-state index in [4.69, 9.17) is 9.47 Å². The van der Waals surface area contributed by atoms with Crippen molar-refractivity contribution in [2.75, 3.05) is 13.2 Å². The van der Waals surface area contributed by atoms with Crippen molar-refractivity contribution < 1.29 is 24.5 Å². The second-order valence-corrected chi connectivity index (χ2v) is 5.82. The Hall–Kier alpha value is -2.69. The summed E-state index contributed by atoms with van der Waals surface area (Å²) in [5.41, 5.74) is -0.752. The molecule has 10 nitrogen and oxygen atoms in total. The molecule has 1 aliphatic rings. The van der Waals surface area contributed by atoms with Gasteiger partial charge in [0.15, 0.2) is 0 Å². The van der Waals surface area contributed by atoms with Crippen LogP contribution in [0.4, 0.5) is 0 Å². The first-order valence-electron chi connectivity index (χ1n) is 8.11.